The zero-order valence-electron chi connectivity index (χ0n) is 13.9. The molecule has 0 saturated heterocycles. The lowest BCUT2D eigenvalue weighted by Crippen LogP contribution is -2.33. The molecule has 0 bridgehead atoms. The fourth-order valence-corrected chi connectivity index (χ4v) is 2.74. The molecule has 2 amide bonds. The third-order valence-electron chi connectivity index (χ3n) is 3.30. The summed E-state index contributed by atoms with van der Waals surface area (Å²) in [6, 6.07) is 3.28. The number of hydroxylamine groups is 1. The Morgan fingerprint density at radius 2 is 2.11 bits per heavy atom. The van der Waals surface area contributed by atoms with Crippen LogP contribution in [0, 0.1) is 5.82 Å². The summed E-state index contributed by atoms with van der Waals surface area (Å²) in [5.74, 6) is -0.737. The molecule has 1 heterocycles. The molecule has 0 saturated carbocycles. The molecule has 0 unspecified atom stereocenters. The van der Waals surface area contributed by atoms with E-state index in [1.807, 2.05) is 0 Å². The van der Waals surface area contributed by atoms with Gasteiger partial charge in [-0.15, -0.1) is 5.10 Å². The molecular weight excluding hydrogens is 400 g/mol. The van der Waals surface area contributed by atoms with Crippen LogP contribution in [0.3, 0.4) is 0 Å². The Balaban J connectivity index is 2.48. The fourth-order valence-electron chi connectivity index (χ4n) is 2.15. The van der Waals surface area contributed by atoms with Crippen molar-refractivity contribution in [3.05, 3.63) is 51.5 Å². The van der Waals surface area contributed by atoms with Crippen LogP contribution in [0.25, 0.3) is 11.1 Å². The number of carbonyl (C=O) groups excluding carboxylic acids is 1. The molecule has 142 valence electrons. The van der Waals surface area contributed by atoms with E-state index in [9.17, 15) is 9.18 Å². The maximum Gasteiger partial charge on any atom is 0.338 e. The monoisotopic (exact) mass is 413 g/mol. The summed E-state index contributed by atoms with van der Waals surface area (Å²) in [5.41, 5.74) is 8.24. The number of rotatable bonds is 5. The van der Waals surface area contributed by atoms with E-state index in [2.05, 4.69) is 25.7 Å². The number of aromatic nitrogens is 1. The summed E-state index contributed by atoms with van der Waals surface area (Å²) in [4.78, 5) is 14.9. The van der Waals surface area contributed by atoms with Crippen molar-refractivity contribution < 1.29 is 14.4 Å². The Kier molecular flexibility index (Phi) is 6.99. The lowest BCUT2D eigenvalue weighted by atomic mass is 10.00. The van der Waals surface area contributed by atoms with Gasteiger partial charge in [-0.25, -0.2) is 14.7 Å². The number of halogens is 3. The molecule has 27 heavy (non-hydrogen) atoms. The summed E-state index contributed by atoms with van der Waals surface area (Å²) in [5, 5.41) is 21.8. The second-order valence-electron chi connectivity index (χ2n) is 5.03. The molecule has 1 aromatic carbocycles. The number of nitrogens with one attached hydrogen (secondary N) is 2. The minimum Gasteiger partial charge on any atom is -0.382 e. The SMILES string of the molecule is CN=NN=C(N)c1c(Cl)cc(Cl)cc1-c1cnc(CNC(=O)NO)c(F)c1. The van der Waals surface area contributed by atoms with Gasteiger partial charge in [0.2, 0.25) is 0 Å². The minimum absolute atomic E-state index is 0.0389. The predicted octanol–water partition coefficient (Wildman–Crippen LogP) is 3.09. The number of carbonyl (C=O) groups is 1. The van der Waals surface area contributed by atoms with Crippen molar-refractivity contribution in [1.29, 1.82) is 0 Å². The van der Waals surface area contributed by atoms with Gasteiger partial charge in [-0.2, -0.15) is 5.11 Å². The van der Waals surface area contributed by atoms with Gasteiger partial charge in [0, 0.05) is 22.3 Å². The van der Waals surface area contributed by atoms with Crippen molar-refractivity contribution in [1.82, 2.24) is 15.8 Å². The second-order valence-corrected chi connectivity index (χ2v) is 5.88. The number of pyridine rings is 1. The first kappa shape index (κ1) is 20.5. The highest BCUT2D eigenvalue weighted by Crippen LogP contribution is 2.33. The van der Waals surface area contributed by atoms with Gasteiger partial charge in [0.1, 0.15) is 5.82 Å². The van der Waals surface area contributed by atoms with Crippen LogP contribution in [0.1, 0.15) is 11.3 Å². The summed E-state index contributed by atoms with van der Waals surface area (Å²) in [6.07, 6.45) is 1.36. The molecule has 0 radical (unpaired) electrons. The summed E-state index contributed by atoms with van der Waals surface area (Å²) in [6.45, 7) is -0.234. The van der Waals surface area contributed by atoms with Crippen LogP contribution in [0.4, 0.5) is 9.18 Å². The smallest absolute Gasteiger partial charge is 0.338 e. The Morgan fingerprint density at radius 1 is 1.37 bits per heavy atom. The molecule has 2 rings (SSSR count). The lowest BCUT2D eigenvalue weighted by molar-refractivity contribution is 0.161. The Hall–Kier alpha value is -2.82. The molecule has 0 fully saturated rings. The zero-order chi connectivity index (χ0) is 20.0. The predicted molar refractivity (Wildman–Crippen MR) is 98.3 cm³/mol. The van der Waals surface area contributed by atoms with Gasteiger partial charge < -0.3 is 11.1 Å². The highest BCUT2D eigenvalue weighted by atomic mass is 35.5. The maximum atomic E-state index is 14.4. The number of hydrogen-bond acceptors (Lipinski definition) is 5. The Bertz CT molecular complexity index is 921. The number of nitrogens with two attached hydrogens (primary N) is 1. The van der Waals surface area contributed by atoms with Gasteiger partial charge >= 0.3 is 6.03 Å². The van der Waals surface area contributed by atoms with Crippen molar-refractivity contribution in [2.45, 2.75) is 6.54 Å². The summed E-state index contributed by atoms with van der Waals surface area (Å²) in [7, 11) is 1.42. The van der Waals surface area contributed by atoms with Gasteiger partial charge in [0.25, 0.3) is 0 Å². The first-order valence-electron chi connectivity index (χ1n) is 7.31. The molecule has 1 aromatic heterocycles. The van der Waals surface area contributed by atoms with E-state index in [0.717, 1.165) is 0 Å². The summed E-state index contributed by atoms with van der Waals surface area (Å²) < 4.78 is 14.4. The average molecular weight is 414 g/mol. The molecule has 0 atom stereocenters. The van der Waals surface area contributed by atoms with Crippen LogP contribution in [-0.2, 0) is 6.54 Å². The second kappa shape index (κ2) is 9.21. The van der Waals surface area contributed by atoms with Crippen LogP contribution in [0.2, 0.25) is 10.0 Å². The van der Waals surface area contributed by atoms with Crippen LogP contribution < -0.4 is 16.5 Å². The first-order valence-corrected chi connectivity index (χ1v) is 8.07. The first-order chi connectivity index (χ1) is 12.9. The number of urea groups is 1. The van der Waals surface area contributed by atoms with Gasteiger partial charge in [0.15, 0.2) is 5.84 Å². The van der Waals surface area contributed by atoms with E-state index >= 15 is 0 Å². The van der Waals surface area contributed by atoms with Crippen molar-refractivity contribution in [3.63, 3.8) is 0 Å². The molecule has 12 heteroatoms. The molecule has 5 N–H and O–H groups in total. The van der Waals surface area contributed by atoms with Crippen molar-refractivity contribution in [2.75, 3.05) is 7.05 Å². The van der Waals surface area contributed by atoms with Crippen LogP contribution in [0.15, 0.2) is 39.8 Å². The molecule has 0 aliphatic rings. The number of amidine groups is 1. The topological polar surface area (TPSA) is 137 Å². The fraction of sp³-hybridized carbons (Fsp3) is 0.133. The summed E-state index contributed by atoms with van der Waals surface area (Å²) >= 11 is 12.3. The van der Waals surface area contributed by atoms with Crippen LogP contribution >= 0.6 is 23.2 Å². The normalized spacial score (nSPS) is 11.7. The minimum atomic E-state index is -0.891. The largest absolute Gasteiger partial charge is 0.382 e. The van der Waals surface area contributed by atoms with Gasteiger partial charge in [-0.3, -0.25) is 10.2 Å². The van der Waals surface area contributed by atoms with E-state index in [4.69, 9.17) is 34.1 Å². The number of amides is 2. The van der Waals surface area contributed by atoms with Crippen molar-refractivity contribution >= 4 is 35.1 Å². The molecule has 0 aliphatic heterocycles. The van der Waals surface area contributed by atoms with Crippen LogP contribution in [0.5, 0.6) is 0 Å². The number of nitrogens with zero attached hydrogens (tertiary/aromatic N) is 4. The zero-order valence-corrected chi connectivity index (χ0v) is 15.4. The van der Waals surface area contributed by atoms with Crippen molar-refractivity contribution in [2.24, 2.45) is 21.2 Å². The van der Waals surface area contributed by atoms with E-state index in [0.29, 0.717) is 21.7 Å². The molecule has 2 aromatic rings. The maximum absolute atomic E-state index is 14.4. The standard InChI is InChI=1S/C15H14Cl2FN7O2/c1-20-25-23-14(19)13-9(3-8(16)4-10(13)17)7-2-11(18)12(21-5-7)6-22-15(26)24-27/h2-5,27H,6H2,1H3,(H2,19,20,23)(H2,22,24,26). The van der Waals surface area contributed by atoms with Gasteiger partial charge in [0.05, 0.1) is 24.3 Å². The van der Waals surface area contributed by atoms with E-state index in [1.165, 1.54) is 36.9 Å². The lowest BCUT2D eigenvalue weighted by Gasteiger charge is -2.12. The molecular formula is C15H14Cl2FN7O2. The third kappa shape index (κ3) is 5.09. The quantitative estimate of drug-likeness (QED) is 0.196. The number of benzene rings is 1. The molecule has 0 spiro atoms. The van der Waals surface area contributed by atoms with E-state index < -0.39 is 11.8 Å². The molecule has 0 aliphatic carbocycles. The van der Waals surface area contributed by atoms with Gasteiger partial charge in [-0.1, -0.05) is 23.2 Å². The average Bonchev–Trinajstić information content (AvgIpc) is 2.64. The van der Waals surface area contributed by atoms with E-state index in [1.54, 1.807) is 0 Å². The highest BCUT2D eigenvalue weighted by Gasteiger charge is 2.17. The Morgan fingerprint density at radius 3 is 2.74 bits per heavy atom. The number of hydrogen-bond donors (Lipinski definition) is 4. The highest BCUT2D eigenvalue weighted by molar-refractivity contribution is 6.38. The molecule has 9 nitrogen and oxygen atoms in total. The van der Waals surface area contributed by atoms with Crippen LogP contribution in [-0.4, -0.2) is 29.1 Å². The third-order valence-corrected chi connectivity index (χ3v) is 3.82. The van der Waals surface area contributed by atoms with Gasteiger partial charge in [-0.05, 0) is 29.0 Å². The van der Waals surface area contributed by atoms with E-state index in [-0.39, 0.29) is 23.1 Å². The Labute approximate surface area is 163 Å². The van der Waals surface area contributed by atoms with Crippen molar-refractivity contribution in [3.8, 4) is 11.1 Å².